The molecule has 2 aromatic heterocycles. The fourth-order valence-electron chi connectivity index (χ4n) is 3.06. The van der Waals surface area contributed by atoms with Crippen LogP contribution in [0.4, 0.5) is 0 Å². The van der Waals surface area contributed by atoms with E-state index < -0.39 is 11.8 Å². The van der Waals surface area contributed by atoms with Gasteiger partial charge in [0.05, 0.1) is 37.6 Å². The summed E-state index contributed by atoms with van der Waals surface area (Å²) in [5.74, 6) is -0.940. The van der Waals surface area contributed by atoms with Gasteiger partial charge in [0.15, 0.2) is 0 Å². The van der Waals surface area contributed by atoms with E-state index in [1.165, 1.54) is 9.80 Å². The highest BCUT2D eigenvalue weighted by Crippen LogP contribution is 2.17. The molecule has 0 unspecified atom stereocenters. The van der Waals surface area contributed by atoms with Gasteiger partial charge in [-0.1, -0.05) is 19.1 Å². The van der Waals surface area contributed by atoms with Crippen molar-refractivity contribution in [1.82, 2.24) is 25.1 Å². The van der Waals surface area contributed by atoms with Gasteiger partial charge in [-0.2, -0.15) is 0 Å². The molecule has 0 aliphatic heterocycles. The SMILES string of the molecule is CCCNC(=O)CN(CCO)C(=O)CN(CCOc1cccc(-c2ccccn2)n1)CC(N)=O. The Kier molecular flexibility index (Phi) is 11.4. The lowest BCUT2D eigenvalue weighted by Crippen LogP contribution is -2.48. The number of nitrogens with zero attached hydrogens (tertiary/aromatic N) is 4. The lowest BCUT2D eigenvalue weighted by Gasteiger charge is -2.26. The van der Waals surface area contributed by atoms with Crippen LogP contribution >= 0.6 is 0 Å². The monoisotopic (exact) mass is 472 g/mol. The molecule has 2 rings (SSSR count). The lowest BCUT2D eigenvalue weighted by molar-refractivity contribution is -0.138. The highest BCUT2D eigenvalue weighted by atomic mass is 16.5. The van der Waals surface area contributed by atoms with Crippen LogP contribution in [0.5, 0.6) is 5.88 Å². The minimum Gasteiger partial charge on any atom is -0.476 e. The number of amides is 3. The van der Waals surface area contributed by atoms with E-state index in [9.17, 15) is 19.5 Å². The van der Waals surface area contributed by atoms with Gasteiger partial charge < -0.3 is 25.8 Å². The zero-order valence-electron chi connectivity index (χ0n) is 19.4. The van der Waals surface area contributed by atoms with Gasteiger partial charge in [0, 0.05) is 31.9 Å². The average Bonchev–Trinajstić information content (AvgIpc) is 2.82. The Labute approximate surface area is 198 Å². The van der Waals surface area contributed by atoms with Gasteiger partial charge in [-0.15, -0.1) is 0 Å². The number of carbonyl (C=O) groups is 3. The van der Waals surface area contributed by atoms with Gasteiger partial charge >= 0.3 is 0 Å². The van der Waals surface area contributed by atoms with Crippen molar-refractivity contribution in [3.63, 3.8) is 0 Å². The van der Waals surface area contributed by atoms with Crippen LogP contribution in [0, 0.1) is 0 Å². The number of ether oxygens (including phenoxy) is 1. The third-order valence-corrected chi connectivity index (χ3v) is 4.68. The second kappa shape index (κ2) is 14.6. The van der Waals surface area contributed by atoms with Crippen LogP contribution in [0.3, 0.4) is 0 Å². The van der Waals surface area contributed by atoms with Crippen LogP contribution in [0.2, 0.25) is 0 Å². The van der Waals surface area contributed by atoms with Crippen molar-refractivity contribution in [2.45, 2.75) is 13.3 Å². The molecule has 0 spiro atoms. The fourth-order valence-corrected chi connectivity index (χ4v) is 3.06. The number of carbonyl (C=O) groups excluding carboxylic acids is 3. The van der Waals surface area contributed by atoms with E-state index in [-0.39, 0.29) is 51.8 Å². The summed E-state index contributed by atoms with van der Waals surface area (Å²) < 4.78 is 5.72. The van der Waals surface area contributed by atoms with E-state index in [0.717, 1.165) is 6.42 Å². The summed E-state index contributed by atoms with van der Waals surface area (Å²) in [6.45, 7) is 2.01. The van der Waals surface area contributed by atoms with Crippen LogP contribution in [0.1, 0.15) is 13.3 Å². The number of aliphatic hydroxyl groups is 1. The van der Waals surface area contributed by atoms with Crippen LogP contribution in [-0.4, -0.2) is 95.1 Å². The predicted octanol–water partition coefficient (Wildman–Crippen LogP) is -0.343. The average molecular weight is 473 g/mol. The maximum absolute atomic E-state index is 12.7. The van der Waals surface area contributed by atoms with Crippen molar-refractivity contribution in [2.75, 3.05) is 52.5 Å². The number of rotatable bonds is 15. The van der Waals surface area contributed by atoms with Crippen LogP contribution in [-0.2, 0) is 14.4 Å². The van der Waals surface area contributed by atoms with Crippen LogP contribution < -0.4 is 15.8 Å². The molecule has 3 amide bonds. The van der Waals surface area contributed by atoms with Gasteiger partial charge in [0.25, 0.3) is 0 Å². The molecule has 0 saturated heterocycles. The third-order valence-electron chi connectivity index (χ3n) is 4.68. The topological polar surface area (TPSA) is 151 Å². The molecule has 0 radical (unpaired) electrons. The normalized spacial score (nSPS) is 10.7. The molecule has 34 heavy (non-hydrogen) atoms. The molecule has 0 fully saturated rings. The van der Waals surface area contributed by atoms with E-state index in [4.69, 9.17) is 10.5 Å². The molecular weight excluding hydrogens is 440 g/mol. The summed E-state index contributed by atoms with van der Waals surface area (Å²) in [7, 11) is 0. The zero-order chi connectivity index (χ0) is 24.8. The summed E-state index contributed by atoms with van der Waals surface area (Å²) in [4.78, 5) is 47.7. The third kappa shape index (κ3) is 9.51. The molecule has 0 saturated carbocycles. The number of nitrogens with two attached hydrogens (primary N) is 1. The number of nitrogens with one attached hydrogen (secondary N) is 1. The van der Waals surface area contributed by atoms with Crippen LogP contribution in [0.25, 0.3) is 11.4 Å². The number of primary amides is 1. The van der Waals surface area contributed by atoms with Gasteiger partial charge in [0.1, 0.15) is 6.61 Å². The molecule has 0 atom stereocenters. The maximum Gasteiger partial charge on any atom is 0.239 e. The van der Waals surface area contributed by atoms with Crippen molar-refractivity contribution in [1.29, 1.82) is 0 Å². The van der Waals surface area contributed by atoms with Crippen molar-refractivity contribution in [2.24, 2.45) is 5.73 Å². The standard InChI is InChI=1S/C23H32N6O5/c1-2-9-26-21(32)16-29(11-13-30)23(33)17-28(15-20(24)31)12-14-34-22-8-5-7-19(27-22)18-6-3-4-10-25-18/h3-8,10,30H,2,9,11-17H2,1H3,(H2,24,31)(H,26,32). The molecule has 0 aromatic carbocycles. The first-order valence-electron chi connectivity index (χ1n) is 11.1. The number of hydrogen-bond acceptors (Lipinski definition) is 8. The quantitative estimate of drug-likeness (QED) is 0.318. The van der Waals surface area contributed by atoms with Crippen molar-refractivity contribution < 1.29 is 24.2 Å². The van der Waals surface area contributed by atoms with Crippen LogP contribution in [0.15, 0.2) is 42.6 Å². The molecule has 2 aromatic rings. The summed E-state index contributed by atoms with van der Waals surface area (Å²) in [6.07, 6.45) is 2.45. The molecule has 0 bridgehead atoms. The molecule has 184 valence electrons. The smallest absolute Gasteiger partial charge is 0.239 e. The van der Waals surface area contributed by atoms with Crippen molar-refractivity contribution in [3.8, 4) is 17.3 Å². The minimum absolute atomic E-state index is 0.00350. The minimum atomic E-state index is -0.600. The Hall–Kier alpha value is -3.57. The summed E-state index contributed by atoms with van der Waals surface area (Å²) in [5.41, 5.74) is 6.70. The zero-order valence-corrected chi connectivity index (χ0v) is 19.4. The predicted molar refractivity (Wildman–Crippen MR) is 126 cm³/mol. The van der Waals surface area contributed by atoms with Gasteiger partial charge in [-0.05, 0) is 24.6 Å². The maximum atomic E-state index is 12.7. The number of aliphatic hydroxyl groups excluding tert-OH is 1. The first-order valence-corrected chi connectivity index (χ1v) is 11.1. The van der Waals surface area contributed by atoms with Crippen molar-refractivity contribution >= 4 is 17.7 Å². The molecule has 4 N–H and O–H groups in total. The van der Waals surface area contributed by atoms with E-state index >= 15 is 0 Å². The Balaban J connectivity index is 1.95. The van der Waals surface area contributed by atoms with Gasteiger partial charge in [-0.3, -0.25) is 24.3 Å². The van der Waals surface area contributed by atoms with Crippen molar-refractivity contribution in [3.05, 3.63) is 42.6 Å². The summed E-state index contributed by atoms with van der Waals surface area (Å²) in [6, 6.07) is 10.8. The van der Waals surface area contributed by atoms with E-state index in [1.807, 2.05) is 31.2 Å². The summed E-state index contributed by atoms with van der Waals surface area (Å²) >= 11 is 0. The van der Waals surface area contributed by atoms with E-state index in [0.29, 0.717) is 23.8 Å². The summed E-state index contributed by atoms with van der Waals surface area (Å²) in [5, 5.41) is 12.0. The first kappa shape index (κ1) is 26.7. The van der Waals surface area contributed by atoms with E-state index in [2.05, 4.69) is 15.3 Å². The molecule has 0 aliphatic carbocycles. The Morgan fingerprint density at radius 2 is 1.85 bits per heavy atom. The largest absolute Gasteiger partial charge is 0.476 e. The number of hydrogen-bond donors (Lipinski definition) is 3. The lowest BCUT2D eigenvalue weighted by atomic mass is 10.2. The van der Waals surface area contributed by atoms with E-state index in [1.54, 1.807) is 18.3 Å². The van der Waals surface area contributed by atoms with Gasteiger partial charge in [0.2, 0.25) is 23.6 Å². The Morgan fingerprint density at radius 1 is 1.06 bits per heavy atom. The Bertz CT molecular complexity index is 927. The second-order valence-corrected chi connectivity index (χ2v) is 7.49. The second-order valence-electron chi connectivity index (χ2n) is 7.49. The molecule has 11 nitrogen and oxygen atoms in total. The molecule has 0 aliphatic rings. The highest BCUT2D eigenvalue weighted by molar-refractivity contribution is 5.86. The molecular formula is C23H32N6O5. The molecule has 11 heteroatoms. The molecule has 2 heterocycles. The number of aromatic nitrogens is 2. The highest BCUT2D eigenvalue weighted by Gasteiger charge is 2.20. The Morgan fingerprint density at radius 3 is 2.53 bits per heavy atom. The van der Waals surface area contributed by atoms with Gasteiger partial charge in [-0.25, -0.2) is 4.98 Å². The first-order chi connectivity index (χ1) is 16.4. The fraction of sp³-hybridized carbons (Fsp3) is 0.435. The number of pyridine rings is 2.